The first-order chi connectivity index (χ1) is 12.9. The van der Waals surface area contributed by atoms with Crippen LogP contribution in [0.3, 0.4) is 0 Å². The molecule has 3 rings (SSSR count). The van der Waals surface area contributed by atoms with E-state index in [-0.39, 0.29) is 0 Å². The lowest BCUT2D eigenvalue weighted by molar-refractivity contribution is 0.0170. The zero-order chi connectivity index (χ0) is 18.0. The van der Waals surface area contributed by atoms with Crippen molar-refractivity contribution < 1.29 is 4.74 Å². The first kappa shape index (κ1) is 18.9. The summed E-state index contributed by atoms with van der Waals surface area (Å²) in [7, 11) is 0. The van der Waals surface area contributed by atoms with Crippen LogP contribution in [-0.2, 0) is 11.3 Å². The molecule has 1 aliphatic rings. The van der Waals surface area contributed by atoms with Crippen LogP contribution in [0.2, 0.25) is 0 Å². The van der Waals surface area contributed by atoms with Gasteiger partial charge in [0.25, 0.3) is 0 Å². The van der Waals surface area contributed by atoms with E-state index in [4.69, 9.17) is 9.73 Å². The molecule has 1 unspecified atom stereocenters. The van der Waals surface area contributed by atoms with Gasteiger partial charge in [-0.1, -0.05) is 36.4 Å². The van der Waals surface area contributed by atoms with Crippen LogP contribution in [0, 0.1) is 0 Å². The number of rotatable bonds is 7. The van der Waals surface area contributed by atoms with Gasteiger partial charge in [0.15, 0.2) is 5.96 Å². The Labute approximate surface area is 160 Å². The molecule has 0 bridgehead atoms. The standard InChI is InChI=1S/C20H28N4OS/c1-2-21-20(22-15-18-9-6-14-26-18)23-16-19(17-7-4-3-5-8-17)24-10-12-25-13-11-24/h3-9,14,19H,2,10-13,15-16H2,1H3,(H2,21,22,23). The Morgan fingerprint density at radius 3 is 2.65 bits per heavy atom. The number of benzene rings is 1. The van der Waals surface area contributed by atoms with Crippen LogP contribution in [0.4, 0.5) is 0 Å². The number of nitrogens with zero attached hydrogens (tertiary/aromatic N) is 2. The molecule has 0 radical (unpaired) electrons. The number of hydrogen-bond donors (Lipinski definition) is 2. The highest BCUT2D eigenvalue weighted by atomic mass is 32.1. The minimum Gasteiger partial charge on any atom is -0.379 e. The van der Waals surface area contributed by atoms with Crippen LogP contribution in [0.5, 0.6) is 0 Å². The molecular formula is C20H28N4OS. The maximum atomic E-state index is 5.53. The molecule has 1 saturated heterocycles. The van der Waals surface area contributed by atoms with Gasteiger partial charge in [0.1, 0.15) is 0 Å². The van der Waals surface area contributed by atoms with E-state index < -0.39 is 0 Å². The van der Waals surface area contributed by atoms with Gasteiger partial charge in [-0.2, -0.15) is 0 Å². The molecule has 0 aliphatic carbocycles. The average Bonchev–Trinajstić information content (AvgIpc) is 3.21. The van der Waals surface area contributed by atoms with Crippen molar-refractivity contribution in [3.63, 3.8) is 0 Å². The minimum atomic E-state index is 0.311. The lowest BCUT2D eigenvalue weighted by atomic mass is 10.0. The summed E-state index contributed by atoms with van der Waals surface area (Å²) in [6.07, 6.45) is 0. The molecule has 0 spiro atoms. The van der Waals surface area contributed by atoms with E-state index in [0.29, 0.717) is 12.6 Å². The summed E-state index contributed by atoms with van der Waals surface area (Å²) in [6.45, 7) is 8.00. The normalized spacial score (nSPS) is 17.0. The van der Waals surface area contributed by atoms with Crippen molar-refractivity contribution in [3.05, 3.63) is 58.3 Å². The van der Waals surface area contributed by atoms with Gasteiger partial charge in [-0.05, 0) is 23.9 Å². The fourth-order valence-corrected chi connectivity index (χ4v) is 3.74. The second-order valence-corrected chi connectivity index (χ2v) is 7.26. The molecule has 2 N–H and O–H groups in total. The van der Waals surface area contributed by atoms with Gasteiger partial charge in [-0.3, -0.25) is 4.90 Å². The predicted molar refractivity (Wildman–Crippen MR) is 109 cm³/mol. The Balaban J connectivity index is 1.67. The van der Waals surface area contributed by atoms with Crippen LogP contribution in [-0.4, -0.2) is 50.3 Å². The van der Waals surface area contributed by atoms with Crippen LogP contribution in [0.25, 0.3) is 0 Å². The van der Waals surface area contributed by atoms with Crippen LogP contribution in [0.15, 0.2) is 52.8 Å². The Morgan fingerprint density at radius 2 is 1.96 bits per heavy atom. The van der Waals surface area contributed by atoms with Crippen LogP contribution < -0.4 is 10.6 Å². The van der Waals surface area contributed by atoms with Crippen molar-refractivity contribution >= 4 is 17.3 Å². The molecule has 6 heteroatoms. The van der Waals surface area contributed by atoms with E-state index in [1.807, 2.05) is 0 Å². The topological polar surface area (TPSA) is 48.9 Å². The fraction of sp³-hybridized carbons (Fsp3) is 0.450. The molecular weight excluding hydrogens is 344 g/mol. The number of ether oxygens (including phenoxy) is 1. The zero-order valence-electron chi connectivity index (χ0n) is 15.4. The number of morpholine rings is 1. The highest BCUT2D eigenvalue weighted by Crippen LogP contribution is 2.21. The SMILES string of the molecule is CCNC(=NCc1cccs1)NCC(c1ccccc1)N1CCOCC1. The highest BCUT2D eigenvalue weighted by molar-refractivity contribution is 7.09. The molecule has 140 valence electrons. The molecule has 0 saturated carbocycles. The van der Waals surface area contributed by atoms with Gasteiger partial charge in [-0.15, -0.1) is 11.3 Å². The molecule has 2 heterocycles. The van der Waals surface area contributed by atoms with Crippen molar-refractivity contribution in [2.24, 2.45) is 4.99 Å². The third-order valence-corrected chi connectivity index (χ3v) is 5.31. The summed E-state index contributed by atoms with van der Waals surface area (Å²) in [5, 5.41) is 8.99. The first-order valence-electron chi connectivity index (χ1n) is 9.28. The summed E-state index contributed by atoms with van der Waals surface area (Å²) in [6, 6.07) is 15.2. The van der Waals surface area contributed by atoms with Crippen LogP contribution in [0.1, 0.15) is 23.4 Å². The summed E-state index contributed by atoms with van der Waals surface area (Å²) in [5.74, 6) is 0.870. The third kappa shape index (κ3) is 5.56. The number of aliphatic imine (C=N–C) groups is 1. The van der Waals surface area contributed by atoms with Gasteiger partial charge in [0.2, 0.25) is 0 Å². The third-order valence-electron chi connectivity index (χ3n) is 4.45. The number of hydrogen-bond acceptors (Lipinski definition) is 4. The average molecular weight is 373 g/mol. The maximum absolute atomic E-state index is 5.53. The van der Waals surface area contributed by atoms with Gasteiger partial charge in [-0.25, -0.2) is 4.99 Å². The molecule has 5 nitrogen and oxygen atoms in total. The van der Waals surface area contributed by atoms with E-state index in [9.17, 15) is 0 Å². The summed E-state index contributed by atoms with van der Waals surface area (Å²) in [5.41, 5.74) is 1.33. The van der Waals surface area contributed by atoms with Crippen LogP contribution >= 0.6 is 11.3 Å². The number of guanidine groups is 1. The molecule has 1 aliphatic heterocycles. The van der Waals surface area contributed by atoms with Gasteiger partial charge in [0, 0.05) is 31.1 Å². The van der Waals surface area contributed by atoms with E-state index in [2.05, 4.69) is 70.3 Å². The second kappa shape index (κ2) is 10.3. The zero-order valence-corrected chi connectivity index (χ0v) is 16.2. The fourth-order valence-electron chi connectivity index (χ4n) is 3.12. The first-order valence-corrected chi connectivity index (χ1v) is 10.2. The lowest BCUT2D eigenvalue weighted by Gasteiger charge is -2.35. The van der Waals surface area contributed by atoms with E-state index in [1.165, 1.54) is 10.4 Å². The Morgan fingerprint density at radius 1 is 1.15 bits per heavy atom. The number of nitrogens with one attached hydrogen (secondary N) is 2. The van der Waals surface area contributed by atoms with Gasteiger partial charge in [0.05, 0.1) is 25.8 Å². The monoisotopic (exact) mass is 372 g/mol. The number of thiophene rings is 1. The maximum Gasteiger partial charge on any atom is 0.191 e. The van der Waals surface area contributed by atoms with Crippen molar-refractivity contribution in [1.82, 2.24) is 15.5 Å². The minimum absolute atomic E-state index is 0.311. The van der Waals surface area contributed by atoms with Crippen molar-refractivity contribution in [2.75, 3.05) is 39.4 Å². The predicted octanol–water partition coefficient (Wildman–Crippen LogP) is 2.88. The van der Waals surface area contributed by atoms with Crippen molar-refractivity contribution in [1.29, 1.82) is 0 Å². The van der Waals surface area contributed by atoms with E-state index in [1.54, 1.807) is 11.3 Å². The molecule has 0 amide bonds. The van der Waals surface area contributed by atoms with Crippen molar-refractivity contribution in [2.45, 2.75) is 19.5 Å². The van der Waals surface area contributed by atoms with Gasteiger partial charge >= 0.3 is 0 Å². The van der Waals surface area contributed by atoms with Crippen molar-refractivity contribution in [3.8, 4) is 0 Å². The summed E-state index contributed by atoms with van der Waals surface area (Å²) >= 11 is 1.74. The quantitative estimate of drug-likeness (QED) is 0.580. The Bertz CT molecular complexity index is 654. The highest BCUT2D eigenvalue weighted by Gasteiger charge is 2.22. The second-order valence-electron chi connectivity index (χ2n) is 6.23. The largest absolute Gasteiger partial charge is 0.379 e. The Hall–Kier alpha value is -1.89. The lowest BCUT2D eigenvalue weighted by Crippen LogP contribution is -2.46. The van der Waals surface area contributed by atoms with E-state index >= 15 is 0 Å². The molecule has 1 fully saturated rings. The Kier molecular flexibility index (Phi) is 7.49. The summed E-state index contributed by atoms with van der Waals surface area (Å²) < 4.78 is 5.53. The molecule has 1 aromatic carbocycles. The molecule has 1 aromatic heterocycles. The smallest absolute Gasteiger partial charge is 0.191 e. The van der Waals surface area contributed by atoms with E-state index in [0.717, 1.165) is 45.4 Å². The van der Waals surface area contributed by atoms with Gasteiger partial charge < -0.3 is 15.4 Å². The molecule has 1 atom stereocenters. The summed E-state index contributed by atoms with van der Waals surface area (Å²) in [4.78, 5) is 8.50. The molecule has 26 heavy (non-hydrogen) atoms. The molecule has 2 aromatic rings.